The molecule has 1 N–H and O–H groups in total. The van der Waals surface area contributed by atoms with Crippen LogP contribution in [0.2, 0.25) is 5.02 Å². The largest absolute Gasteiger partial charge is 0.325 e. The first-order valence-corrected chi connectivity index (χ1v) is 9.34. The Hall–Kier alpha value is -2.44. The molecule has 1 saturated heterocycles. The molecule has 1 aliphatic rings. The molecule has 6 nitrogen and oxygen atoms in total. The number of carbonyl (C=O) groups excluding carboxylic acids is 1. The number of benzene rings is 2. The quantitative estimate of drug-likeness (QED) is 0.609. The van der Waals surface area contributed by atoms with Gasteiger partial charge in [0.1, 0.15) is 0 Å². The van der Waals surface area contributed by atoms with Gasteiger partial charge in [-0.3, -0.25) is 19.8 Å². The summed E-state index contributed by atoms with van der Waals surface area (Å²) < 4.78 is 0. The first-order chi connectivity index (χ1) is 13.0. The highest BCUT2D eigenvalue weighted by atomic mass is 35.5. The van der Waals surface area contributed by atoms with E-state index in [1.165, 1.54) is 6.07 Å². The van der Waals surface area contributed by atoms with Crippen LogP contribution in [0.3, 0.4) is 0 Å². The van der Waals surface area contributed by atoms with Crippen molar-refractivity contribution in [2.24, 2.45) is 5.92 Å². The molecule has 0 bridgehead atoms. The van der Waals surface area contributed by atoms with E-state index in [2.05, 4.69) is 10.2 Å². The van der Waals surface area contributed by atoms with E-state index in [4.69, 9.17) is 11.6 Å². The molecule has 27 heavy (non-hydrogen) atoms. The predicted octanol–water partition coefficient (Wildman–Crippen LogP) is 4.41. The molecule has 3 rings (SSSR count). The Morgan fingerprint density at radius 2 is 2.07 bits per heavy atom. The molecular weight excluding hydrogens is 366 g/mol. The minimum atomic E-state index is -0.434. The number of hydrogen-bond acceptors (Lipinski definition) is 4. The van der Waals surface area contributed by atoms with Gasteiger partial charge >= 0.3 is 0 Å². The minimum Gasteiger partial charge on any atom is -0.325 e. The molecule has 2 aromatic carbocycles. The van der Waals surface area contributed by atoms with Crippen molar-refractivity contribution < 1.29 is 9.72 Å². The van der Waals surface area contributed by atoms with E-state index >= 15 is 0 Å². The number of amides is 1. The Kier molecular flexibility index (Phi) is 6.08. The second-order valence-corrected chi connectivity index (χ2v) is 7.27. The van der Waals surface area contributed by atoms with E-state index in [0.717, 1.165) is 30.0 Å². The van der Waals surface area contributed by atoms with Gasteiger partial charge in [0.05, 0.1) is 22.1 Å². The normalized spacial score (nSPS) is 17.5. The van der Waals surface area contributed by atoms with Crippen LogP contribution in [0.1, 0.15) is 24.0 Å². The summed E-state index contributed by atoms with van der Waals surface area (Å²) in [5, 5.41) is 14.7. The monoisotopic (exact) mass is 387 g/mol. The lowest BCUT2D eigenvalue weighted by Gasteiger charge is -2.32. The van der Waals surface area contributed by atoms with Gasteiger partial charge in [0.25, 0.3) is 5.69 Å². The van der Waals surface area contributed by atoms with E-state index in [-0.39, 0.29) is 17.5 Å². The number of nitro benzene ring substituents is 1. The lowest BCUT2D eigenvalue weighted by atomic mass is 9.96. The Labute approximate surface area is 163 Å². The van der Waals surface area contributed by atoms with Gasteiger partial charge in [-0.25, -0.2) is 0 Å². The average Bonchev–Trinajstić information content (AvgIpc) is 2.65. The third-order valence-electron chi connectivity index (χ3n) is 4.99. The first-order valence-electron chi connectivity index (χ1n) is 8.96. The Morgan fingerprint density at radius 1 is 1.30 bits per heavy atom. The molecule has 0 radical (unpaired) electrons. The molecule has 1 amide bonds. The van der Waals surface area contributed by atoms with Gasteiger partial charge < -0.3 is 5.32 Å². The van der Waals surface area contributed by atoms with Gasteiger partial charge in [-0.05, 0) is 44.0 Å². The maximum absolute atomic E-state index is 12.7. The number of rotatable bonds is 5. The second-order valence-electron chi connectivity index (χ2n) is 6.86. The van der Waals surface area contributed by atoms with Crippen LogP contribution in [0.4, 0.5) is 11.4 Å². The van der Waals surface area contributed by atoms with Crippen LogP contribution >= 0.6 is 11.6 Å². The molecule has 1 fully saturated rings. The maximum atomic E-state index is 12.7. The lowest BCUT2D eigenvalue weighted by molar-refractivity contribution is -0.385. The molecule has 7 heteroatoms. The van der Waals surface area contributed by atoms with Crippen molar-refractivity contribution in [1.82, 2.24) is 4.90 Å². The maximum Gasteiger partial charge on any atom is 0.274 e. The van der Waals surface area contributed by atoms with Gasteiger partial charge in [0.15, 0.2) is 0 Å². The van der Waals surface area contributed by atoms with E-state index < -0.39 is 4.92 Å². The number of anilines is 1. The predicted molar refractivity (Wildman–Crippen MR) is 106 cm³/mol. The van der Waals surface area contributed by atoms with Gasteiger partial charge in [-0.2, -0.15) is 0 Å². The van der Waals surface area contributed by atoms with Crippen molar-refractivity contribution in [2.45, 2.75) is 26.3 Å². The van der Waals surface area contributed by atoms with Crippen molar-refractivity contribution in [3.8, 4) is 0 Å². The molecule has 0 aliphatic carbocycles. The van der Waals surface area contributed by atoms with Gasteiger partial charge in [-0.1, -0.05) is 35.9 Å². The van der Waals surface area contributed by atoms with Crippen LogP contribution in [0.5, 0.6) is 0 Å². The number of nitrogens with one attached hydrogen (secondary N) is 1. The zero-order valence-corrected chi connectivity index (χ0v) is 15.9. The topological polar surface area (TPSA) is 75.5 Å². The summed E-state index contributed by atoms with van der Waals surface area (Å²) in [6.45, 7) is 3.92. The fourth-order valence-electron chi connectivity index (χ4n) is 3.47. The van der Waals surface area contributed by atoms with Crippen LogP contribution < -0.4 is 5.32 Å². The number of carbonyl (C=O) groups is 1. The Bertz CT molecular complexity index is 856. The molecule has 1 aliphatic heterocycles. The van der Waals surface area contributed by atoms with Gasteiger partial charge in [-0.15, -0.1) is 0 Å². The summed E-state index contributed by atoms with van der Waals surface area (Å²) in [4.78, 5) is 25.6. The lowest BCUT2D eigenvalue weighted by Crippen LogP contribution is -2.40. The van der Waals surface area contributed by atoms with Crippen LogP contribution in [-0.2, 0) is 11.3 Å². The number of likely N-dealkylation sites (tertiary alicyclic amines) is 1. The van der Waals surface area contributed by atoms with E-state index in [1.54, 1.807) is 19.1 Å². The third kappa shape index (κ3) is 4.64. The fourth-order valence-corrected chi connectivity index (χ4v) is 3.67. The summed E-state index contributed by atoms with van der Waals surface area (Å²) >= 11 is 6.25. The SMILES string of the molecule is Cc1c(NC(=O)[C@@H]2CCCN(Cc3ccccc3Cl)C2)cccc1[N+](=O)[O-]. The number of nitro groups is 1. The smallest absolute Gasteiger partial charge is 0.274 e. The molecular formula is C20H22ClN3O3. The molecule has 0 spiro atoms. The average molecular weight is 388 g/mol. The molecule has 0 unspecified atom stereocenters. The van der Waals surface area contributed by atoms with Crippen LogP contribution in [0, 0.1) is 23.0 Å². The van der Waals surface area contributed by atoms with Crippen LogP contribution in [0.25, 0.3) is 0 Å². The van der Waals surface area contributed by atoms with Crippen molar-refractivity contribution in [2.75, 3.05) is 18.4 Å². The summed E-state index contributed by atoms with van der Waals surface area (Å²) in [5.74, 6) is -0.248. The number of nitrogens with zero attached hydrogens (tertiary/aromatic N) is 2. The Morgan fingerprint density at radius 3 is 2.81 bits per heavy atom. The van der Waals surface area contributed by atoms with Crippen LogP contribution in [0.15, 0.2) is 42.5 Å². The third-order valence-corrected chi connectivity index (χ3v) is 5.36. The fraction of sp³-hybridized carbons (Fsp3) is 0.350. The summed E-state index contributed by atoms with van der Waals surface area (Å²) in [6.07, 6.45) is 1.73. The highest BCUT2D eigenvalue weighted by molar-refractivity contribution is 6.31. The zero-order valence-electron chi connectivity index (χ0n) is 15.2. The standard InChI is InChI=1S/C20H22ClN3O3/c1-14-18(9-4-10-19(14)24(26)27)22-20(25)16-7-5-11-23(13-16)12-15-6-2-3-8-17(15)21/h2-4,6,8-10,16H,5,7,11-13H2,1H3,(H,22,25)/t16-/m1/s1. The Balaban J connectivity index is 1.66. The van der Waals surface area contributed by atoms with Crippen molar-refractivity contribution in [3.05, 3.63) is 68.7 Å². The summed E-state index contributed by atoms with van der Waals surface area (Å²) in [7, 11) is 0. The van der Waals surface area contributed by atoms with E-state index in [0.29, 0.717) is 24.3 Å². The molecule has 0 aromatic heterocycles. The highest BCUT2D eigenvalue weighted by Crippen LogP contribution is 2.27. The van der Waals surface area contributed by atoms with E-state index in [1.807, 2.05) is 24.3 Å². The van der Waals surface area contributed by atoms with Gasteiger partial charge in [0.2, 0.25) is 5.91 Å². The summed E-state index contributed by atoms with van der Waals surface area (Å²) in [6, 6.07) is 12.5. The minimum absolute atomic E-state index is 0.0109. The molecule has 1 atom stereocenters. The molecule has 0 saturated carbocycles. The van der Waals surface area contributed by atoms with E-state index in [9.17, 15) is 14.9 Å². The second kappa shape index (κ2) is 8.50. The molecule has 2 aromatic rings. The van der Waals surface area contributed by atoms with Crippen molar-refractivity contribution in [1.29, 1.82) is 0 Å². The first kappa shape index (κ1) is 19.3. The van der Waals surface area contributed by atoms with Crippen molar-refractivity contribution in [3.63, 3.8) is 0 Å². The highest BCUT2D eigenvalue weighted by Gasteiger charge is 2.27. The number of halogens is 1. The number of hydrogen-bond donors (Lipinski definition) is 1. The van der Waals surface area contributed by atoms with Crippen molar-refractivity contribution >= 4 is 28.9 Å². The summed E-state index contributed by atoms with van der Waals surface area (Å²) in [5.41, 5.74) is 2.03. The van der Waals surface area contributed by atoms with Gasteiger partial charge in [0, 0.05) is 24.2 Å². The van der Waals surface area contributed by atoms with Crippen LogP contribution in [-0.4, -0.2) is 28.8 Å². The molecule has 1 heterocycles. The number of piperidine rings is 1. The molecule has 142 valence electrons. The zero-order chi connectivity index (χ0) is 19.4.